The first kappa shape index (κ1) is 54.8. The van der Waals surface area contributed by atoms with E-state index in [1.54, 1.807) is 42.6 Å². The van der Waals surface area contributed by atoms with Crippen molar-refractivity contribution in [1.29, 1.82) is 0 Å². The summed E-state index contributed by atoms with van der Waals surface area (Å²) in [4.78, 5) is 39.6. The number of piperidine rings is 1. The van der Waals surface area contributed by atoms with E-state index in [0.717, 1.165) is 26.2 Å². The smallest absolute Gasteiger partial charge is 0.345 e. The summed E-state index contributed by atoms with van der Waals surface area (Å²) in [5.74, 6) is -0.137. The molecular formula is C55H61Cl2F2N7O10S. The molecule has 3 atom stereocenters. The van der Waals surface area contributed by atoms with Crippen LogP contribution in [0.5, 0.6) is 23.1 Å². The van der Waals surface area contributed by atoms with Gasteiger partial charge in [-0.1, -0.05) is 35.3 Å². The van der Waals surface area contributed by atoms with Crippen molar-refractivity contribution in [2.75, 3.05) is 111 Å². The molecule has 1 N–H and O–H groups in total. The van der Waals surface area contributed by atoms with Crippen LogP contribution < -0.4 is 23.8 Å². The lowest BCUT2D eigenvalue weighted by Crippen LogP contribution is -2.49. The van der Waals surface area contributed by atoms with Gasteiger partial charge in [0.2, 0.25) is 17.9 Å². The third kappa shape index (κ3) is 13.0. The van der Waals surface area contributed by atoms with E-state index in [4.69, 9.17) is 66.1 Å². The molecule has 3 aromatic carbocycles. The quantitative estimate of drug-likeness (QED) is 0.0967. The van der Waals surface area contributed by atoms with Crippen molar-refractivity contribution in [1.82, 2.24) is 29.7 Å². The summed E-state index contributed by atoms with van der Waals surface area (Å²) in [6, 6.07) is 13.0. The van der Waals surface area contributed by atoms with Crippen molar-refractivity contribution >= 4 is 56.7 Å². The highest BCUT2D eigenvalue weighted by atomic mass is 35.5. The number of thiophene rings is 1. The van der Waals surface area contributed by atoms with Gasteiger partial charge >= 0.3 is 5.97 Å². The van der Waals surface area contributed by atoms with E-state index in [9.17, 15) is 14.3 Å². The summed E-state index contributed by atoms with van der Waals surface area (Å²) in [5.41, 5.74) is 2.70. The highest BCUT2D eigenvalue weighted by Crippen LogP contribution is 2.53. The number of carbonyl (C=O) groups is 1. The number of aliphatic carboxylic acids is 1. The molecule has 0 spiro atoms. The molecule has 11 rings (SSSR count). The summed E-state index contributed by atoms with van der Waals surface area (Å²) < 4.78 is 79.0. The van der Waals surface area contributed by atoms with Crippen LogP contribution in [0.15, 0.2) is 61.1 Å². The molecule has 3 fully saturated rings. The van der Waals surface area contributed by atoms with Gasteiger partial charge in [-0.2, -0.15) is 0 Å². The Bertz CT molecular complexity index is 3000. The molecule has 1 unspecified atom stereocenters. The third-order valence-corrected chi connectivity index (χ3v) is 16.4. The molecule has 8 heterocycles. The molecule has 22 heteroatoms. The number of fused-ring (bicyclic) bond motifs is 7. The number of benzene rings is 3. The van der Waals surface area contributed by atoms with Crippen molar-refractivity contribution in [3.63, 3.8) is 0 Å². The van der Waals surface area contributed by atoms with E-state index in [1.807, 2.05) is 18.7 Å². The number of hydrogen-bond acceptors (Lipinski definition) is 17. The highest BCUT2D eigenvalue weighted by molar-refractivity contribution is 7.22. The number of piperazine rings is 1. The Morgan fingerprint density at radius 1 is 0.896 bits per heavy atom. The summed E-state index contributed by atoms with van der Waals surface area (Å²) in [6.07, 6.45) is 1.07. The van der Waals surface area contributed by atoms with Crippen molar-refractivity contribution in [2.24, 2.45) is 0 Å². The second-order valence-corrected chi connectivity index (χ2v) is 21.6. The lowest BCUT2D eigenvalue weighted by molar-refractivity contribution is -0.145. The fourth-order valence-corrected chi connectivity index (χ4v) is 11.6. The van der Waals surface area contributed by atoms with Crippen molar-refractivity contribution < 1.29 is 56.6 Å². The van der Waals surface area contributed by atoms with Crippen LogP contribution in [0.3, 0.4) is 0 Å². The number of alkyl halides is 1. The Balaban J connectivity index is 0.922. The zero-order chi connectivity index (χ0) is 53.6. The van der Waals surface area contributed by atoms with Gasteiger partial charge in [-0.05, 0) is 79.5 Å². The van der Waals surface area contributed by atoms with Gasteiger partial charge in [0, 0.05) is 87.3 Å². The molecule has 17 nitrogen and oxygen atoms in total. The van der Waals surface area contributed by atoms with Gasteiger partial charge in [0.1, 0.15) is 59.6 Å². The van der Waals surface area contributed by atoms with Gasteiger partial charge in [0.05, 0.1) is 67.4 Å². The van der Waals surface area contributed by atoms with Crippen LogP contribution in [-0.2, 0) is 36.8 Å². The molecule has 4 bridgehead atoms. The van der Waals surface area contributed by atoms with Gasteiger partial charge in [0.15, 0.2) is 5.75 Å². The van der Waals surface area contributed by atoms with Gasteiger partial charge in [-0.15, -0.1) is 11.3 Å². The van der Waals surface area contributed by atoms with Crippen molar-refractivity contribution in [3.05, 3.63) is 99.3 Å². The second-order valence-electron chi connectivity index (χ2n) is 19.8. The van der Waals surface area contributed by atoms with Crippen LogP contribution in [0.2, 0.25) is 10.0 Å². The van der Waals surface area contributed by atoms with Crippen molar-refractivity contribution in [3.8, 4) is 44.7 Å². The lowest BCUT2D eigenvalue weighted by atomic mass is 9.92. The molecule has 5 aliphatic rings. The molecule has 6 aromatic rings. The fourth-order valence-electron chi connectivity index (χ4n) is 9.95. The average Bonchev–Trinajstić information content (AvgIpc) is 3.84. The van der Waals surface area contributed by atoms with Crippen LogP contribution in [0, 0.1) is 19.7 Å². The Morgan fingerprint density at radius 3 is 2.40 bits per heavy atom. The van der Waals surface area contributed by atoms with Crippen LogP contribution in [0.25, 0.3) is 31.8 Å². The highest BCUT2D eigenvalue weighted by Gasteiger charge is 2.36. The molecule has 3 aromatic heterocycles. The number of nitrogens with zero attached hydrogens (tertiary/aromatic N) is 7. The SMILES string of the molecule is Cc1c(Cl)c2c(Cl)c(C)c1-c1c(-c3ccc(F)cc3)sc3ncnc(c13)O[C@@H](C(=O)O)Cc1cc(ccc1OCc1ccnc(N3CCC(F)(COCCOCC4COCCO4)CC3)n1)OC[C@@H](CN1CCN(C)CC1)O2. The number of anilines is 1. The van der Waals surface area contributed by atoms with E-state index in [2.05, 4.69) is 31.8 Å². The molecule has 0 radical (unpaired) electrons. The maximum atomic E-state index is 15.9. The molecule has 3 saturated heterocycles. The summed E-state index contributed by atoms with van der Waals surface area (Å²) in [6.45, 7) is 11.1. The first-order chi connectivity index (χ1) is 37.3. The van der Waals surface area contributed by atoms with Gasteiger partial charge in [-0.25, -0.2) is 33.5 Å². The molecule has 77 heavy (non-hydrogen) atoms. The summed E-state index contributed by atoms with van der Waals surface area (Å²) in [7, 11) is 2.09. The monoisotopic (exact) mass is 1120 g/mol. The molecule has 410 valence electrons. The molecule has 0 amide bonds. The zero-order valence-electron chi connectivity index (χ0n) is 43.1. The Labute approximate surface area is 459 Å². The first-order valence-electron chi connectivity index (χ1n) is 25.8. The van der Waals surface area contributed by atoms with Crippen LogP contribution >= 0.6 is 34.5 Å². The number of halogens is 4. The Hall–Kier alpha value is -5.55. The number of carboxylic acids is 1. The second kappa shape index (κ2) is 24.6. The van der Waals surface area contributed by atoms with E-state index in [0.29, 0.717) is 130 Å². The first-order valence-corrected chi connectivity index (χ1v) is 27.3. The van der Waals surface area contributed by atoms with E-state index in [1.165, 1.54) is 29.8 Å². The maximum absolute atomic E-state index is 15.9. The zero-order valence-corrected chi connectivity index (χ0v) is 45.4. The minimum absolute atomic E-state index is 0.00499. The van der Waals surface area contributed by atoms with E-state index >= 15 is 4.39 Å². The standard InChI is InChI=1S/C55H61Cl2F2N7O10S/c1-33-44-34(2)48(57)49(47(33)56)75-40(26-65-18-16-64(3)17-19-65)30-73-39-8-9-42(36(24-39)25-43(53(67)68)76-51-46-45(44)50(77-52(46)62-32-61-51)35-4-6-37(58)7-5-35)74-27-38-10-13-60-54(63-38)66-14-11-55(59,12-15-66)31-71-21-20-69-28-41-29-70-22-23-72-41/h4-10,13,24,32,40-41,43H,11-12,14-23,25-31H2,1-3H3,(H,67,68)/t40-,41?,43-/m1/s1. The van der Waals surface area contributed by atoms with Crippen LogP contribution in [0.1, 0.15) is 35.2 Å². The molecular weight excluding hydrogens is 1060 g/mol. The van der Waals surface area contributed by atoms with Gasteiger partial charge in [-0.3, -0.25) is 4.90 Å². The average molecular weight is 1120 g/mol. The number of ether oxygens (including phenoxy) is 8. The van der Waals surface area contributed by atoms with Crippen LogP contribution in [-0.4, -0.2) is 171 Å². The number of aromatic nitrogens is 4. The summed E-state index contributed by atoms with van der Waals surface area (Å²) >= 11 is 16.0. The number of likely N-dealkylation sites (N-methyl/N-ethyl adjacent to an activating group) is 1. The minimum atomic E-state index is -1.50. The Kier molecular flexibility index (Phi) is 17.5. The lowest BCUT2D eigenvalue weighted by Gasteiger charge is -2.36. The normalized spacial score (nSPS) is 20.3. The Morgan fingerprint density at radius 2 is 1.66 bits per heavy atom. The van der Waals surface area contributed by atoms with E-state index in [-0.39, 0.29) is 67.7 Å². The molecule has 0 aliphatic carbocycles. The largest absolute Gasteiger partial charge is 0.490 e. The van der Waals surface area contributed by atoms with E-state index < -0.39 is 29.7 Å². The molecule has 5 aliphatic heterocycles. The van der Waals surface area contributed by atoms with Gasteiger partial charge < -0.3 is 52.8 Å². The van der Waals surface area contributed by atoms with Crippen LogP contribution in [0.4, 0.5) is 14.7 Å². The van der Waals surface area contributed by atoms with Gasteiger partial charge in [0.25, 0.3) is 0 Å². The minimum Gasteiger partial charge on any atom is -0.490 e. The maximum Gasteiger partial charge on any atom is 0.345 e. The molecule has 0 saturated carbocycles. The topological polar surface area (TPSA) is 172 Å². The number of rotatable bonds is 15. The predicted molar refractivity (Wildman–Crippen MR) is 288 cm³/mol. The fraction of sp³-hybridized carbons (Fsp3) is 0.473. The third-order valence-electron chi connectivity index (χ3n) is 14.3. The predicted octanol–water partition coefficient (Wildman–Crippen LogP) is 8.68. The number of carboxylic acid groups (broad SMARTS) is 1. The number of hydrogen-bond donors (Lipinski definition) is 1. The van der Waals surface area contributed by atoms with Crippen molar-refractivity contribution in [2.45, 2.75) is 63.7 Å². The summed E-state index contributed by atoms with van der Waals surface area (Å²) in [5, 5.41) is 11.9.